The van der Waals surface area contributed by atoms with Gasteiger partial charge in [-0.3, -0.25) is 0 Å². The second-order valence-electron chi connectivity index (χ2n) is 1.95. The normalized spacial score (nSPS) is 8.40. The van der Waals surface area contributed by atoms with Gasteiger partial charge in [-0.2, -0.15) is 0 Å². The number of hydrogen-bond acceptors (Lipinski definition) is 1. The van der Waals surface area contributed by atoms with Gasteiger partial charge in [0.25, 0.3) is 0 Å². The summed E-state index contributed by atoms with van der Waals surface area (Å²) in [6, 6.07) is 0. The van der Waals surface area contributed by atoms with E-state index in [1.807, 2.05) is 6.92 Å². The molecule has 0 unspecified atom stereocenters. The van der Waals surface area contributed by atoms with Crippen LogP contribution in [0.3, 0.4) is 0 Å². The molecule has 0 aromatic heterocycles. The molecule has 2 nitrogen and oxygen atoms in total. The van der Waals surface area contributed by atoms with E-state index in [1.54, 1.807) is 7.05 Å². The van der Waals surface area contributed by atoms with Gasteiger partial charge in [0.15, 0.2) is 0 Å². The Balaban J connectivity index is 4.12. The third-order valence-corrected chi connectivity index (χ3v) is 1.23. The second-order valence-corrected chi connectivity index (χ2v) is 1.95. The van der Waals surface area contributed by atoms with Crippen molar-refractivity contribution in [3.63, 3.8) is 0 Å². The number of carbonyl (C=O) groups is 1. The van der Waals surface area contributed by atoms with Crippen molar-refractivity contribution in [1.82, 2.24) is 4.90 Å². The summed E-state index contributed by atoms with van der Waals surface area (Å²) in [5.74, 6) is 2.03. The Bertz CT molecular complexity index is 192. The van der Waals surface area contributed by atoms with Crippen LogP contribution in [0.5, 0.6) is 0 Å². The van der Waals surface area contributed by atoms with Crippen LogP contribution in [0.25, 0.3) is 0 Å². The maximum atomic E-state index is 11.0. The Kier molecular flexibility index (Phi) is 3.59. The third-order valence-electron chi connectivity index (χ3n) is 1.23. The fraction of sp³-hybridized carbons (Fsp3) is 0.429. The predicted molar refractivity (Wildman–Crippen MR) is 41.8 cm³/mol. The molecule has 52 valence electrons. The molecule has 10 heavy (non-hydrogen) atoms. The first-order valence-electron chi connectivity index (χ1n) is 3.05. The van der Waals surface area contributed by atoms with Crippen molar-refractivity contribution in [1.29, 1.82) is 0 Å². The monoisotopic (exact) mass is 135 g/mol. The van der Waals surface area contributed by atoms with Crippen LogP contribution in [0.15, 0.2) is 12.2 Å². The van der Waals surface area contributed by atoms with Crippen molar-refractivity contribution in [2.45, 2.75) is 13.3 Å². The van der Waals surface area contributed by atoms with Crippen LogP contribution in [0.4, 0.5) is 0 Å². The van der Waals surface area contributed by atoms with Gasteiger partial charge in [-0.25, -0.2) is 0 Å². The van der Waals surface area contributed by atoms with Gasteiger partial charge in [0.05, 0.1) is 0 Å². The number of amides is 1. The molecule has 0 aliphatic heterocycles. The summed E-state index contributed by atoms with van der Waals surface area (Å²) in [5, 5.41) is 0. The van der Waals surface area contributed by atoms with Crippen LogP contribution in [0.1, 0.15) is 13.3 Å². The van der Waals surface area contributed by atoms with Crippen LogP contribution in [0.2, 0.25) is 0 Å². The maximum absolute atomic E-state index is 11.0. The Hall–Kier alpha value is -0.945. The summed E-state index contributed by atoms with van der Waals surface area (Å²) in [4.78, 5) is 12.2. The zero-order valence-corrected chi connectivity index (χ0v) is 6.35. The van der Waals surface area contributed by atoms with Gasteiger partial charge < -0.3 is 0 Å². The van der Waals surface area contributed by atoms with E-state index in [-0.39, 0.29) is 5.91 Å². The van der Waals surface area contributed by atoms with E-state index in [2.05, 4.69) is 12.5 Å². The summed E-state index contributed by atoms with van der Waals surface area (Å²) >= 11 is 0. The standard InChI is InChI=1S/C7H10BNO/c1-4-6(2)7(10)9(3)5-8/h2,4H2,1,3H3. The molecule has 3 heteroatoms. The molecule has 0 rings (SSSR count). The van der Waals surface area contributed by atoms with Gasteiger partial charge >= 0.3 is 61.4 Å². The van der Waals surface area contributed by atoms with Crippen molar-refractivity contribution < 1.29 is 4.79 Å². The number of nitrogens with zero attached hydrogens (tertiary/aromatic N) is 1. The summed E-state index contributed by atoms with van der Waals surface area (Å²) in [5.41, 5.74) is 0.542. The fourth-order valence-electron chi connectivity index (χ4n) is 0.447. The van der Waals surface area contributed by atoms with E-state index in [4.69, 9.17) is 7.33 Å². The zero-order valence-electron chi connectivity index (χ0n) is 6.35. The molecular weight excluding hydrogens is 125 g/mol. The van der Waals surface area contributed by atoms with Gasteiger partial charge in [-0.15, -0.1) is 0 Å². The van der Waals surface area contributed by atoms with Gasteiger partial charge in [0.2, 0.25) is 0 Å². The third kappa shape index (κ3) is 2.12. The van der Waals surface area contributed by atoms with E-state index >= 15 is 0 Å². The molecular formula is C7H10BNO. The Morgan fingerprint density at radius 2 is 2.30 bits per heavy atom. The first kappa shape index (κ1) is 9.05. The van der Waals surface area contributed by atoms with Crippen molar-refractivity contribution in [3.05, 3.63) is 12.2 Å². The summed E-state index contributed by atoms with van der Waals surface area (Å²) in [7, 11) is 6.52. The first-order chi connectivity index (χ1) is 4.63. The molecule has 1 amide bonds. The van der Waals surface area contributed by atoms with Crippen LogP contribution in [0, 0.1) is 5.93 Å². The van der Waals surface area contributed by atoms with Crippen LogP contribution in [-0.2, 0) is 4.79 Å². The van der Waals surface area contributed by atoms with Crippen molar-refractivity contribution in [2.75, 3.05) is 7.05 Å². The van der Waals surface area contributed by atoms with Crippen LogP contribution >= 0.6 is 0 Å². The van der Waals surface area contributed by atoms with Crippen molar-refractivity contribution in [3.8, 4) is 5.93 Å². The van der Waals surface area contributed by atoms with Gasteiger partial charge in [0.1, 0.15) is 0 Å². The van der Waals surface area contributed by atoms with Crippen molar-refractivity contribution in [2.24, 2.45) is 0 Å². The number of carbonyl (C=O) groups excluding carboxylic acids is 1. The summed E-state index contributed by atoms with van der Waals surface area (Å²) in [6.45, 7) is 5.42. The van der Waals surface area contributed by atoms with Crippen molar-refractivity contribution >= 4 is 13.2 Å². The molecule has 0 aromatic carbocycles. The molecule has 0 aromatic rings. The molecule has 0 bridgehead atoms. The zero-order chi connectivity index (χ0) is 8.15. The Morgan fingerprint density at radius 1 is 1.80 bits per heavy atom. The molecule has 0 N–H and O–H groups in total. The van der Waals surface area contributed by atoms with Gasteiger partial charge in [-0.1, -0.05) is 0 Å². The number of rotatable bonds is 2. The van der Waals surface area contributed by atoms with E-state index < -0.39 is 0 Å². The average Bonchev–Trinajstić information content (AvgIpc) is 2.00. The van der Waals surface area contributed by atoms with E-state index in [0.29, 0.717) is 12.0 Å². The van der Waals surface area contributed by atoms with E-state index in [1.165, 1.54) is 4.90 Å². The first-order valence-corrected chi connectivity index (χ1v) is 3.05. The molecule has 0 radical (unpaired) electrons. The molecule has 0 spiro atoms. The molecule has 0 aliphatic rings. The van der Waals surface area contributed by atoms with Gasteiger partial charge in [0, 0.05) is 0 Å². The molecule has 0 aliphatic carbocycles. The number of likely N-dealkylation sites (N-methyl/N-ethyl adjacent to an activating group) is 1. The Morgan fingerprint density at radius 3 is 2.60 bits per heavy atom. The molecule has 0 atom stereocenters. The van der Waals surface area contributed by atoms with Gasteiger partial charge in [-0.05, 0) is 0 Å². The average molecular weight is 135 g/mol. The number of hydrogen-bond donors (Lipinski definition) is 0. The predicted octanol–water partition coefficient (Wildman–Crippen LogP) is 0.496. The van der Waals surface area contributed by atoms with E-state index in [9.17, 15) is 4.79 Å². The van der Waals surface area contributed by atoms with Crippen LogP contribution in [-0.4, -0.2) is 25.2 Å². The minimum absolute atomic E-state index is 0.176. The van der Waals surface area contributed by atoms with Crippen LogP contribution < -0.4 is 0 Å². The molecule has 0 saturated heterocycles. The topological polar surface area (TPSA) is 20.3 Å². The summed E-state index contributed by atoms with van der Waals surface area (Å²) < 4.78 is 0. The summed E-state index contributed by atoms with van der Waals surface area (Å²) in [6.07, 6.45) is 0.644. The Labute approximate surface area is 62.3 Å². The fourth-order valence-corrected chi connectivity index (χ4v) is 0.447. The molecule has 0 heterocycles. The van der Waals surface area contributed by atoms with E-state index in [0.717, 1.165) is 0 Å². The molecule has 0 fully saturated rings. The quantitative estimate of drug-likeness (QED) is 0.306. The SMILES string of the molecule is B#CN(C)C(=O)C(=C)CC. The minimum atomic E-state index is -0.176. The molecule has 0 saturated carbocycles. The second kappa shape index (κ2) is 3.97.